The largest absolute Gasteiger partial charge is 0.478 e. The molecule has 2 aromatic heterocycles. The summed E-state index contributed by atoms with van der Waals surface area (Å²) in [7, 11) is 0. The van der Waals surface area contributed by atoms with Crippen LogP contribution in [0.5, 0.6) is 0 Å². The van der Waals surface area contributed by atoms with Crippen molar-refractivity contribution in [1.29, 1.82) is 0 Å². The van der Waals surface area contributed by atoms with Gasteiger partial charge in [-0.3, -0.25) is 4.79 Å². The highest BCUT2D eigenvalue weighted by molar-refractivity contribution is 7.11. The molecule has 7 nitrogen and oxygen atoms in total. The summed E-state index contributed by atoms with van der Waals surface area (Å²) >= 11 is 0.924. The van der Waals surface area contributed by atoms with Crippen molar-refractivity contribution in [2.24, 2.45) is 0 Å². The third-order valence-electron chi connectivity index (χ3n) is 2.13. The molecular weight excluding hydrogens is 256 g/mol. The van der Waals surface area contributed by atoms with E-state index in [-0.39, 0.29) is 16.1 Å². The topological polar surface area (TPSA) is 105 Å². The third-order valence-corrected chi connectivity index (χ3v) is 2.98. The van der Waals surface area contributed by atoms with E-state index < -0.39 is 11.9 Å². The van der Waals surface area contributed by atoms with Crippen LogP contribution in [0.1, 0.15) is 26.4 Å². The van der Waals surface area contributed by atoms with Gasteiger partial charge in [-0.15, -0.1) is 0 Å². The molecule has 0 aliphatic rings. The molecule has 2 N–H and O–H groups in total. The highest BCUT2D eigenvalue weighted by Crippen LogP contribution is 2.24. The highest BCUT2D eigenvalue weighted by Gasteiger charge is 2.19. The Balaban J connectivity index is 2.25. The van der Waals surface area contributed by atoms with E-state index in [1.807, 2.05) is 0 Å². The van der Waals surface area contributed by atoms with Gasteiger partial charge in [-0.25, -0.2) is 14.8 Å². The van der Waals surface area contributed by atoms with Crippen LogP contribution >= 0.6 is 11.5 Å². The molecule has 1 amide bonds. The van der Waals surface area contributed by atoms with E-state index >= 15 is 0 Å². The molecule has 0 unspecified atom stereocenters. The summed E-state index contributed by atoms with van der Waals surface area (Å²) in [6, 6.07) is 0. The number of aromatic nitrogens is 3. The lowest BCUT2D eigenvalue weighted by Crippen LogP contribution is -2.14. The molecule has 0 atom stereocenters. The number of hydrogen-bond donors (Lipinski definition) is 2. The molecule has 18 heavy (non-hydrogen) atoms. The maximum atomic E-state index is 11.8. The highest BCUT2D eigenvalue weighted by atomic mass is 32.1. The minimum absolute atomic E-state index is 0.00481. The SMILES string of the molecule is Cc1nsc(NC(=O)c2cncnc2)c1C(=O)O. The van der Waals surface area contributed by atoms with Gasteiger partial charge in [0.25, 0.3) is 5.91 Å². The zero-order chi connectivity index (χ0) is 13.1. The standard InChI is InChI=1S/C10H8N4O3S/c1-5-7(10(16)17)9(18-14-5)13-8(15)6-2-11-4-12-3-6/h2-4H,1H3,(H,13,15)(H,16,17). The molecule has 0 aliphatic carbocycles. The predicted octanol–water partition coefficient (Wildman–Crippen LogP) is 1.19. The molecule has 2 rings (SSSR count). The molecule has 2 heterocycles. The number of carboxylic acid groups (broad SMARTS) is 1. The first-order valence-corrected chi connectivity index (χ1v) is 5.63. The Morgan fingerprint density at radius 2 is 2.00 bits per heavy atom. The van der Waals surface area contributed by atoms with E-state index in [0.717, 1.165) is 11.5 Å². The van der Waals surface area contributed by atoms with Crippen molar-refractivity contribution < 1.29 is 14.7 Å². The van der Waals surface area contributed by atoms with Crippen LogP contribution in [0.3, 0.4) is 0 Å². The van der Waals surface area contributed by atoms with Gasteiger partial charge in [0.1, 0.15) is 16.9 Å². The minimum Gasteiger partial charge on any atom is -0.478 e. The van der Waals surface area contributed by atoms with Crippen molar-refractivity contribution in [1.82, 2.24) is 14.3 Å². The van der Waals surface area contributed by atoms with Crippen LogP contribution in [-0.4, -0.2) is 31.3 Å². The Morgan fingerprint density at radius 1 is 1.33 bits per heavy atom. The predicted molar refractivity (Wildman–Crippen MR) is 63.8 cm³/mol. The summed E-state index contributed by atoms with van der Waals surface area (Å²) in [6.07, 6.45) is 3.99. The summed E-state index contributed by atoms with van der Waals surface area (Å²) in [5.74, 6) is -1.59. The lowest BCUT2D eigenvalue weighted by atomic mass is 10.2. The van der Waals surface area contributed by atoms with Gasteiger partial charge in [-0.2, -0.15) is 4.37 Å². The maximum absolute atomic E-state index is 11.8. The molecule has 0 aromatic carbocycles. The molecule has 92 valence electrons. The Morgan fingerprint density at radius 3 is 2.61 bits per heavy atom. The summed E-state index contributed by atoms with van der Waals surface area (Å²) in [5.41, 5.74) is 0.622. The lowest BCUT2D eigenvalue weighted by Gasteiger charge is -2.02. The number of rotatable bonds is 3. The molecule has 2 aromatic rings. The van der Waals surface area contributed by atoms with Gasteiger partial charge < -0.3 is 10.4 Å². The molecule has 0 saturated heterocycles. The first kappa shape index (κ1) is 12.1. The van der Waals surface area contributed by atoms with Crippen LogP contribution in [0.15, 0.2) is 18.7 Å². The van der Waals surface area contributed by atoms with E-state index in [4.69, 9.17) is 5.11 Å². The van der Waals surface area contributed by atoms with Crippen molar-refractivity contribution in [3.8, 4) is 0 Å². The monoisotopic (exact) mass is 264 g/mol. The average Bonchev–Trinajstić information content (AvgIpc) is 2.71. The van der Waals surface area contributed by atoms with Crippen molar-refractivity contribution in [2.45, 2.75) is 6.92 Å². The van der Waals surface area contributed by atoms with Crippen LogP contribution < -0.4 is 5.32 Å². The second-order valence-electron chi connectivity index (χ2n) is 3.36. The zero-order valence-corrected chi connectivity index (χ0v) is 10.1. The Kier molecular flexibility index (Phi) is 3.28. The number of carboxylic acids is 1. The number of nitrogens with zero attached hydrogens (tertiary/aromatic N) is 3. The van der Waals surface area contributed by atoms with E-state index in [9.17, 15) is 9.59 Å². The normalized spacial score (nSPS) is 10.1. The van der Waals surface area contributed by atoms with Gasteiger partial charge in [0, 0.05) is 12.4 Å². The molecule has 8 heteroatoms. The molecular formula is C10H8N4O3S. The quantitative estimate of drug-likeness (QED) is 0.862. The number of nitrogens with one attached hydrogen (secondary N) is 1. The smallest absolute Gasteiger partial charge is 0.340 e. The van der Waals surface area contributed by atoms with Crippen molar-refractivity contribution in [3.05, 3.63) is 35.5 Å². The van der Waals surface area contributed by atoms with Crippen LogP contribution in [0.4, 0.5) is 5.00 Å². The second-order valence-corrected chi connectivity index (χ2v) is 4.13. The first-order chi connectivity index (χ1) is 8.59. The fraction of sp³-hybridized carbons (Fsp3) is 0.100. The number of aromatic carboxylic acids is 1. The van der Waals surface area contributed by atoms with Gasteiger partial charge in [-0.1, -0.05) is 0 Å². The summed E-state index contributed by atoms with van der Waals surface area (Å²) in [6.45, 7) is 1.57. The van der Waals surface area contributed by atoms with Crippen molar-refractivity contribution in [2.75, 3.05) is 5.32 Å². The van der Waals surface area contributed by atoms with Gasteiger partial charge in [0.05, 0.1) is 11.3 Å². The van der Waals surface area contributed by atoms with Crippen LogP contribution in [0.25, 0.3) is 0 Å². The summed E-state index contributed by atoms with van der Waals surface area (Å²) in [4.78, 5) is 30.2. The molecule has 0 saturated carbocycles. The number of aryl methyl sites for hydroxylation is 1. The molecule has 0 spiro atoms. The average molecular weight is 264 g/mol. The zero-order valence-electron chi connectivity index (χ0n) is 9.25. The van der Waals surface area contributed by atoms with Crippen LogP contribution in [-0.2, 0) is 0 Å². The van der Waals surface area contributed by atoms with Gasteiger partial charge in [0.15, 0.2) is 0 Å². The number of amides is 1. The first-order valence-electron chi connectivity index (χ1n) is 4.85. The third kappa shape index (κ3) is 2.33. The number of carbonyl (C=O) groups excluding carboxylic acids is 1. The van der Waals surface area contributed by atoms with Gasteiger partial charge >= 0.3 is 5.97 Å². The van der Waals surface area contributed by atoms with Crippen LogP contribution in [0, 0.1) is 6.92 Å². The fourth-order valence-electron chi connectivity index (χ4n) is 1.30. The summed E-state index contributed by atoms with van der Waals surface area (Å²) < 4.78 is 3.90. The van der Waals surface area contributed by atoms with Gasteiger partial charge in [0.2, 0.25) is 0 Å². The fourth-order valence-corrected chi connectivity index (χ4v) is 2.08. The van der Waals surface area contributed by atoms with Gasteiger partial charge in [-0.05, 0) is 18.5 Å². The Bertz CT molecular complexity index is 596. The molecule has 0 fully saturated rings. The van der Waals surface area contributed by atoms with Crippen LogP contribution in [0.2, 0.25) is 0 Å². The van der Waals surface area contributed by atoms with Crippen molar-refractivity contribution in [3.63, 3.8) is 0 Å². The maximum Gasteiger partial charge on any atom is 0.340 e. The number of hydrogen-bond acceptors (Lipinski definition) is 6. The van der Waals surface area contributed by atoms with E-state index in [2.05, 4.69) is 19.7 Å². The molecule has 0 bridgehead atoms. The summed E-state index contributed by atoms with van der Waals surface area (Å²) in [5, 5.41) is 11.7. The minimum atomic E-state index is -1.12. The number of anilines is 1. The Labute approximate surface area is 106 Å². The molecule has 0 aliphatic heterocycles. The number of carbonyl (C=O) groups is 2. The second kappa shape index (κ2) is 4.88. The van der Waals surface area contributed by atoms with Crippen molar-refractivity contribution >= 4 is 28.4 Å². The molecule has 0 radical (unpaired) electrons. The van der Waals surface area contributed by atoms with E-state index in [0.29, 0.717) is 5.69 Å². The Hall–Kier alpha value is -2.35. The van der Waals surface area contributed by atoms with E-state index in [1.54, 1.807) is 6.92 Å². The van der Waals surface area contributed by atoms with E-state index in [1.165, 1.54) is 18.7 Å². The lowest BCUT2D eigenvalue weighted by molar-refractivity contribution is 0.0697.